The summed E-state index contributed by atoms with van der Waals surface area (Å²) in [5.41, 5.74) is 0. The molecule has 7 heteroatoms. The maximum absolute atomic E-state index is 8.52. The van der Waals surface area contributed by atoms with Crippen molar-refractivity contribution in [3.63, 3.8) is 0 Å². The topological polar surface area (TPSA) is 110 Å². The van der Waals surface area contributed by atoms with Crippen LogP contribution in [0.2, 0.25) is 0 Å². The van der Waals surface area contributed by atoms with E-state index in [-0.39, 0.29) is 31.3 Å². The van der Waals surface area contributed by atoms with Crippen LogP contribution in [0.15, 0.2) is 0 Å². The molecule has 1 N–H and O–H groups in total. The van der Waals surface area contributed by atoms with Gasteiger partial charge in [0.2, 0.25) is 0 Å². The molecule has 0 aromatic carbocycles. The first kappa shape index (κ1) is 15.6. The summed E-state index contributed by atoms with van der Waals surface area (Å²) in [6.07, 6.45) is 0. The van der Waals surface area contributed by atoms with Gasteiger partial charge in [0.05, 0.1) is 0 Å². The Bertz CT molecular complexity index is 91.2. The van der Waals surface area contributed by atoms with Crippen LogP contribution in [0.25, 0.3) is 0 Å². The Morgan fingerprint density at radius 2 is 1.14 bits per heavy atom. The van der Waals surface area contributed by atoms with E-state index in [1.165, 1.54) is 0 Å². The number of rotatable bonds is 0. The van der Waals surface area contributed by atoms with E-state index in [2.05, 4.69) is 0 Å². The molecule has 0 spiro atoms. The molecule has 0 radical (unpaired) electrons. The molecule has 7 heavy (non-hydrogen) atoms. The summed E-state index contributed by atoms with van der Waals surface area (Å²) in [6, 6.07) is 0. The second-order valence-corrected chi connectivity index (χ2v) is 1.22. The van der Waals surface area contributed by atoms with E-state index in [9.17, 15) is 0 Å². The average molecular weight is 228 g/mol. The molecule has 0 rings (SSSR count). The zero-order valence-electron chi connectivity index (χ0n) is 3.07. The normalized spacial score (nSPS) is 8.29. The van der Waals surface area contributed by atoms with Crippen LogP contribution in [0.3, 0.4) is 0 Å². The summed E-state index contributed by atoms with van der Waals surface area (Å²) in [6.45, 7) is 0. The zero-order valence-corrected chi connectivity index (χ0v) is 7.18. The molecular formula is HInO5S. The smallest absolute Gasteiger partial charge is 0.870 e. The van der Waals surface area contributed by atoms with Crippen LogP contribution in [-0.2, 0) is 10.4 Å². The third kappa shape index (κ3) is 302. The maximum Gasteiger partial charge on any atom is 3.00 e. The standard InChI is InChI=1S/In.H2O4S.H2O/c;1-5(2,3)4;/h;(H2,1,2,3,4);1H2/q+3;;/p-3. The molecule has 0 amide bonds. The summed E-state index contributed by atoms with van der Waals surface area (Å²) in [5, 5.41) is 0. The van der Waals surface area contributed by atoms with Gasteiger partial charge in [-0.3, -0.25) is 8.42 Å². The predicted molar refractivity (Wildman–Crippen MR) is 18.2 cm³/mol. The maximum atomic E-state index is 8.52. The zero-order chi connectivity index (χ0) is 4.50. The fourth-order valence-electron chi connectivity index (χ4n) is 0. The molecule has 0 aromatic rings. The second-order valence-electron chi connectivity index (χ2n) is 0.408. The van der Waals surface area contributed by atoms with Crippen molar-refractivity contribution >= 4 is 36.2 Å². The third-order valence-corrected chi connectivity index (χ3v) is 0. The molecule has 0 aliphatic carbocycles. The van der Waals surface area contributed by atoms with E-state index in [1.807, 2.05) is 0 Å². The molecule has 0 aliphatic rings. The Morgan fingerprint density at radius 3 is 1.14 bits per heavy atom. The molecule has 0 saturated carbocycles. The second kappa shape index (κ2) is 4.85. The van der Waals surface area contributed by atoms with Crippen molar-refractivity contribution < 1.29 is 23.0 Å². The van der Waals surface area contributed by atoms with Crippen molar-refractivity contribution in [2.45, 2.75) is 0 Å². The van der Waals surface area contributed by atoms with E-state index in [1.54, 1.807) is 0 Å². The largest absolute Gasteiger partial charge is 3.00 e. The summed E-state index contributed by atoms with van der Waals surface area (Å²) < 4.78 is 34.1. The van der Waals surface area contributed by atoms with Crippen LogP contribution in [0.1, 0.15) is 0 Å². The van der Waals surface area contributed by atoms with Gasteiger partial charge < -0.3 is 14.6 Å². The van der Waals surface area contributed by atoms with Crippen molar-refractivity contribution in [1.82, 2.24) is 0 Å². The molecule has 0 aliphatic heterocycles. The van der Waals surface area contributed by atoms with Gasteiger partial charge in [-0.2, -0.15) is 0 Å². The molecule has 0 atom stereocenters. The monoisotopic (exact) mass is 228 g/mol. The third-order valence-electron chi connectivity index (χ3n) is 0. The SMILES string of the molecule is O=S(=O)([O-])[O-].[In+3].[OH-]. The van der Waals surface area contributed by atoms with Gasteiger partial charge in [-0.05, 0) is 0 Å². The van der Waals surface area contributed by atoms with Crippen molar-refractivity contribution in [1.29, 1.82) is 0 Å². The van der Waals surface area contributed by atoms with Gasteiger partial charge in [0.25, 0.3) is 0 Å². The first-order valence-corrected chi connectivity index (χ1v) is 2.00. The molecule has 0 unspecified atom stereocenters. The molecule has 0 heterocycles. The number of hydrogen-bond acceptors (Lipinski definition) is 5. The van der Waals surface area contributed by atoms with Gasteiger partial charge in [0.15, 0.2) is 0 Å². The molecule has 40 valence electrons. The van der Waals surface area contributed by atoms with Crippen molar-refractivity contribution in [2.24, 2.45) is 0 Å². The minimum absolute atomic E-state index is 0. The average Bonchev–Trinajstić information content (AvgIpc) is 0.722. The summed E-state index contributed by atoms with van der Waals surface area (Å²) in [4.78, 5) is 0. The van der Waals surface area contributed by atoms with Crippen LogP contribution in [-0.4, -0.2) is 48.8 Å². The van der Waals surface area contributed by atoms with Gasteiger partial charge in [-0.15, -0.1) is 0 Å². The summed E-state index contributed by atoms with van der Waals surface area (Å²) in [5.74, 6) is 0. The quantitative estimate of drug-likeness (QED) is 0.355. The minimum atomic E-state index is -5.17. The van der Waals surface area contributed by atoms with E-state index in [0.717, 1.165) is 0 Å². The molecule has 0 fully saturated rings. The Balaban J connectivity index is -0.0000000800. The Hall–Kier alpha value is 0.700. The molecule has 0 saturated heterocycles. The van der Waals surface area contributed by atoms with E-state index in [4.69, 9.17) is 17.5 Å². The molecular weight excluding hydrogens is 227 g/mol. The van der Waals surface area contributed by atoms with Gasteiger partial charge in [-0.1, -0.05) is 0 Å². The summed E-state index contributed by atoms with van der Waals surface area (Å²) >= 11 is 0. The van der Waals surface area contributed by atoms with Gasteiger partial charge >= 0.3 is 25.8 Å². The number of hydrogen-bond donors (Lipinski definition) is 0. The van der Waals surface area contributed by atoms with Crippen LogP contribution < -0.4 is 0 Å². The van der Waals surface area contributed by atoms with Crippen LogP contribution in [0.4, 0.5) is 0 Å². The summed E-state index contributed by atoms with van der Waals surface area (Å²) in [7, 11) is -5.17. The van der Waals surface area contributed by atoms with Gasteiger partial charge in [0.1, 0.15) is 0 Å². The van der Waals surface area contributed by atoms with Crippen molar-refractivity contribution in [3.8, 4) is 0 Å². The Kier molecular flexibility index (Phi) is 10.8. The molecule has 0 bridgehead atoms. The minimum Gasteiger partial charge on any atom is -0.870 e. The van der Waals surface area contributed by atoms with Crippen molar-refractivity contribution in [3.05, 3.63) is 0 Å². The van der Waals surface area contributed by atoms with Gasteiger partial charge in [-0.25, -0.2) is 0 Å². The van der Waals surface area contributed by atoms with E-state index < -0.39 is 10.4 Å². The fourth-order valence-corrected chi connectivity index (χ4v) is 0. The first-order chi connectivity index (χ1) is 2.00. The van der Waals surface area contributed by atoms with E-state index in [0.29, 0.717) is 0 Å². The van der Waals surface area contributed by atoms with Crippen molar-refractivity contribution in [2.75, 3.05) is 0 Å². The Morgan fingerprint density at radius 1 is 1.14 bits per heavy atom. The van der Waals surface area contributed by atoms with Crippen LogP contribution in [0.5, 0.6) is 0 Å². The van der Waals surface area contributed by atoms with Crippen LogP contribution in [0, 0.1) is 0 Å². The Labute approximate surface area is 59.4 Å². The molecule has 0 aromatic heterocycles. The molecule has 5 nitrogen and oxygen atoms in total. The van der Waals surface area contributed by atoms with Crippen LogP contribution >= 0.6 is 0 Å². The first-order valence-electron chi connectivity index (χ1n) is 0.667. The fraction of sp³-hybridized carbons (Fsp3) is 0. The van der Waals surface area contributed by atoms with E-state index >= 15 is 0 Å². The van der Waals surface area contributed by atoms with Gasteiger partial charge in [0, 0.05) is 10.4 Å². The predicted octanol–water partition coefficient (Wildman–Crippen LogP) is -1.90.